The number of amides is 1. The molecule has 4 nitrogen and oxygen atoms in total. The van der Waals surface area contributed by atoms with Crippen molar-refractivity contribution in [1.29, 1.82) is 0 Å². The first kappa shape index (κ1) is 16.9. The fourth-order valence-electron chi connectivity index (χ4n) is 1.48. The Balaban J connectivity index is 2.20. The number of alkyl carbamates (subject to hydrolysis) is 1. The van der Waals surface area contributed by atoms with Gasteiger partial charge in [0, 0.05) is 28.8 Å². The van der Waals surface area contributed by atoms with E-state index in [-0.39, 0.29) is 0 Å². The van der Waals surface area contributed by atoms with E-state index in [1.807, 2.05) is 20.8 Å². The topological polar surface area (TPSA) is 50.4 Å². The van der Waals surface area contributed by atoms with E-state index in [9.17, 15) is 4.79 Å². The smallest absolute Gasteiger partial charge is 0.407 e. The molecule has 0 aliphatic carbocycles. The molecule has 20 heavy (non-hydrogen) atoms. The lowest BCUT2D eigenvalue weighted by Gasteiger charge is -2.19. The van der Waals surface area contributed by atoms with Gasteiger partial charge in [0.05, 0.1) is 0 Å². The Kier molecular flexibility index (Phi) is 6.43. The molecule has 0 aromatic heterocycles. The van der Waals surface area contributed by atoms with Crippen LogP contribution in [0.2, 0.25) is 10.0 Å². The van der Waals surface area contributed by atoms with Crippen LogP contribution in [0.1, 0.15) is 27.2 Å². The highest BCUT2D eigenvalue weighted by atomic mass is 35.5. The summed E-state index contributed by atoms with van der Waals surface area (Å²) in [6.45, 7) is 6.73. The largest absolute Gasteiger partial charge is 0.444 e. The minimum absolute atomic E-state index is 0.400. The van der Waals surface area contributed by atoms with Crippen molar-refractivity contribution >= 4 is 35.0 Å². The van der Waals surface area contributed by atoms with Gasteiger partial charge in [-0.1, -0.05) is 23.2 Å². The molecule has 112 valence electrons. The summed E-state index contributed by atoms with van der Waals surface area (Å²) in [7, 11) is 0. The van der Waals surface area contributed by atoms with Gasteiger partial charge >= 0.3 is 6.09 Å². The molecule has 0 bridgehead atoms. The van der Waals surface area contributed by atoms with Crippen LogP contribution in [-0.2, 0) is 4.74 Å². The first-order valence-corrected chi connectivity index (χ1v) is 7.19. The third kappa shape index (κ3) is 7.46. The van der Waals surface area contributed by atoms with E-state index >= 15 is 0 Å². The van der Waals surface area contributed by atoms with Crippen molar-refractivity contribution in [2.75, 3.05) is 18.4 Å². The molecule has 0 saturated carbocycles. The second-order valence-corrected chi connectivity index (χ2v) is 6.24. The maximum absolute atomic E-state index is 11.4. The molecule has 1 amide bonds. The van der Waals surface area contributed by atoms with E-state index in [4.69, 9.17) is 27.9 Å². The summed E-state index contributed by atoms with van der Waals surface area (Å²) in [6.07, 6.45) is 0.368. The van der Waals surface area contributed by atoms with Gasteiger partial charge < -0.3 is 15.4 Å². The number of ether oxygens (including phenoxy) is 1. The van der Waals surface area contributed by atoms with Gasteiger partial charge in [0.2, 0.25) is 0 Å². The monoisotopic (exact) mass is 318 g/mol. The number of nitrogens with one attached hydrogen (secondary N) is 2. The number of carbonyl (C=O) groups is 1. The summed E-state index contributed by atoms with van der Waals surface area (Å²) in [5.74, 6) is 0. The predicted octanol–water partition coefficient (Wildman–Crippen LogP) is 4.32. The third-order valence-electron chi connectivity index (χ3n) is 2.21. The van der Waals surface area contributed by atoms with Crippen molar-refractivity contribution in [2.45, 2.75) is 32.8 Å². The van der Waals surface area contributed by atoms with Crippen molar-refractivity contribution in [1.82, 2.24) is 5.32 Å². The molecule has 0 fully saturated rings. The van der Waals surface area contributed by atoms with Crippen LogP contribution in [-0.4, -0.2) is 24.8 Å². The van der Waals surface area contributed by atoms with Crippen LogP contribution in [0.4, 0.5) is 10.5 Å². The Morgan fingerprint density at radius 1 is 1.15 bits per heavy atom. The quantitative estimate of drug-likeness (QED) is 0.795. The summed E-state index contributed by atoms with van der Waals surface area (Å²) >= 11 is 11.8. The van der Waals surface area contributed by atoms with Crippen molar-refractivity contribution < 1.29 is 9.53 Å². The van der Waals surface area contributed by atoms with Gasteiger partial charge in [-0.2, -0.15) is 0 Å². The molecule has 0 atom stereocenters. The fourth-order valence-corrected chi connectivity index (χ4v) is 2.01. The molecule has 0 aliphatic rings. The molecule has 1 aromatic rings. The number of rotatable bonds is 5. The molecule has 0 radical (unpaired) electrons. The van der Waals surface area contributed by atoms with Crippen LogP contribution in [0.15, 0.2) is 18.2 Å². The molecular formula is C14H20Cl2N2O2. The maximum Gasteiger partial charge on any atom is 0.407 e. The Bertz CT molecular complexity index is 439. The van der Waals surface area contributed by atoms with Gasteiger partial charge in [-0.05, 0) is 45.4 Å². The lowest BCUT2D eigenvalue weighted by atomic mass is 10.2. The standard InChI is InChI=1S/C14H20Cl2N2O2/c1-14(2,3)20-13(19)18-6-4-5-17-12-8-10(15)7-11(16)9-12/h7-9,17H,4-6H2,1-3H3,(H,18,19). The molecule has 0 spiro atoms. The zero-order valence-electron chi connectivity index (χ0n) is 11.9. The van der Waals surface area contributed by atoms with Gasteiger partial charge in [0.1, 0.15) is 5.60 Å². The van der Waals surface area contributed by atoms with Crippen LogP contribution in [0, 0.1) is 0 Å². The molecule has 0 aliphatic heterocycles. The summed E-state index contributed by atoms with van der Waals surface area (Å²) < 4.78 is 5.13. The lowest BCUT2D eigenvalue weighted by Crippen LogP contribution is -2.33. The van der Waals surface area contributed by atoms with Gasteiger partial charge in [0.15, 0.2) is 0 Å². The fraction of sp³-hybridized carbons (Fsp3) is 0.500. The number of hydrogen-bond acceptors (Lipinski definition) is 3. The average Bonchev–Trinajstić information content (AvgIpc) is 2.24. The Morgan fingerprint density at radius 3 is 2.30 bits per heavy atom. The van der Waals surface area contributed by atoms with Crippen LogP contribution in [0.25, 0.3) is 0 Å². The van der Waals surface area contributed by atoms with Crippen LogP contribution in [0.5, 0.6) is 0 Å². The zero-order chi connectivity index (χ0) is 15.2. The van der Waals surface area contributed by atoms with E-state index in [0.717, 1.165) is 12.1 Å². The molecule has 0 saturated heterocycles. The zero-order valence-corrected chi connectivity index (χ0v) is 13.4. The number of anilines is 1. The highest BCUT2D eigenvalue weighted by Gasteiger charge is 2.15. The van der Waals surface area contributed by atoms with Gasteiger partial charge in [0.25, 0.3) is 0 Å². The minimum Gasteiger partial charge on any atom is -0.444 e. The second-order valence-electron chi connectivity index (χ2n) is 5.37. The first-order chi connectivity index (χ1) is 9.26. The van der Waals surface area contributed by atoms with E-state index in [0.29, 0.717) is 23.1 Å². The van der Waals surface area contributed by atoms with Crippen LogP contribution < -0.4 is 10.6 Å². The average molecular weight is 319 g/mol. The summed E-state index contributed by atoms with van der Waals surface area (Å²) in [4.78, 5) is 11.4. The van der Waals surface area contributed by atoms with E-state index in [1.54, 1.807) is 18.2 Å². The maximum atomic E-state index is 11.4. The highest BCUT2D eigenvalue weighted by Crippen LogP contribution is 2.22. The normalized spacial score (nSPS) is 11.1. The minimum atomic E-state index is -0.472. The third-order valence-corrected chi connectivity index (χ3v) is 2.65. The van der Waals surface area contributed by atoms with E-state index in [2.05, 4.69) is 10.6 Å². The molecule has 1 aromatic carbocycles. The van der Waals surface area contributed by atoms with Crippen molar-refractivity contribution in [3.63, 3.8) is 0 Å². The molecular weight excluding hydrogens is 299 g/mol. The lowest BCUT2D eigenvalue weighted by molar-refractivity contribution is 0.0528. The summed E-state index contributed by atoms with van der Waals surface area (Å²) in [6, 6.07) is 5.28. The van der Waals surface area contributed by atoms with Crippen LogP contribution >= 0.6 is 23.2 Å². The molecule has 2 N–H and O–H groups in total. The van der Waals surface area contributed by atoms with E-state index < -0.39 is 11.7 Å². The summed E-state index contributed by atoms with van der Waals surface area (Å²) in [5, 5.41) is 7.06. The molecule has 6 heteroatoms. The Morgan fingerprint density at radius 2 is 1.75 bits per heavy atom. The predicted molar refractivity (Wildman–Crippen MR) is 83.8 cm³/mol. The van der Waals surface area contributed by atoms with Crippen molar-refractivity contribution in [3.05, 3.63) is 28.2 Å². The molecule has 0 unspecified atom stereocenters. The number of benzene rings is 1. The highest BCUT2D eigenvalue weighted by molar-refractivity contribution is 6.35. The molecule has 0 heterocycles. The Hall–Kier alpha value is -1.13. The molecule has 1 rings (SSSR count). The number of hydrogen-bond donors (Lipinski definition) is 2. The Labute approximate surface area is 129 Å². The van der Waals surface area contributed by atoms with Crippen LogP contribution in [0.3, 0.4) is 0 Å². The van der Waals surface area contributed by atoms with Crippen molar-refractivity contribution in [2.24, 2.45) is 0 Å². The number of halogens is 2. The van der Waals surface area contributed by atoms with Gasteiger partial charge in [-0.25, -0.2) is 4.79 Å². The van der Waals surface area contributed by atoms with Gasteiger partial charge in [-0.15, -0.1) is 0 Å². The van der Waals surface area contributed by atoms with Crippen molar-refractivity contribution in [3.8, 4) is 0 Å². The second kappa shape index (κ2) is 7.60. The summed E-state index contributed by atoms with van der Waals surface area (Å²) in [5.41, 5.74) is 0.389. The van der Waals surface area contributed by atoms with E-state index in [1.165, 1.54) is 0 Å². The number of carbonyl (C=O) groups excluding carboxylic acids is 1. The first-order valence-electron chi connectivity index (χ1n) is 6.43. The van der Waals surface area contributed by atoms with Gasteiger partial charge in [-0.3, -0.25) is 0 Å². The SMILES string of the molecule is CC(C)(C)OC(=O)NCCCNc1cc(Cl)cc(Cl)c1.